The molecule has 5 rings (SSSR count). The second kappa shape index (κ2) is 9.50. The number of aryl methyl sites for hydroxylation is 1. The summed E-state index contributed by atoms with van der Waals surface area (Å²) in [5.41, 5.74) is 3.61. The standard InChI is InChI=1S/C26H30N6O3S/c1-14(2)12-17-7-8-19(15(3)28-17)32-20-9-10-27-25-21(20)22(30-26(32)35)23(36-25)24(34)29-18-6-5-11-31(13-18)16(4)33/h7-10,14,18H,5-6,11-13H2,1-4H3,(H,29,34)(H,30,35)/t18-/m1/s1. The van der Waals surface area contributed by atoms with Crippen LogP contribution in [0.5, 0.6) is 0 Å². The number of pyridine rings is 2. The lowest BCUT2D eigenvalue weighted by atomic mass is 10.1. The summed E-state index contributed by atoms with van der Waals surface area (Å²) in [5, 5.41) is 6.75. The number of nitrogens with zero attached hydrogens (tertiary/aromatic N) is 4. The number of hydrogen-bond donors (Lipinski definition) is 2. The van der Waals surface area contributed by atoms with Crippen LogP contribution in [-0.4, -0.2) is 51.8 Å². The monoisotopic (exact) mass is 506 g/mol. The number of rotatable bonds is 5. The van der Waals surface area contributed by atoms with E-state index in [4.69, 9.17) is 4.98 Å². The minimum absolute atomic E-state index is 0.00845. The Kier molecular flexibility index (Phi) is 6.38. The van der Waals surface area contributed by atoms with Crippen molar-refractivity contribution in [1.82, 2.24) is 20.2 Å². The van der Waals surface area contributed by atoms with Crippen molar-refractivity contribution in [2.24, 2.45) is 5.92 Å². The lowest BCUT2D eigenvalue weighted by Crippen LogP contribution is -2.49. The average molecular weight is 507 g/mol. The molecule has 2 N–H and O–H groups in total. The Bertz CT molecular complexity index is 1370. The number of urea groups is 1. The van der Waals surface area contributed by atoms with Crippen LogP contribution in [-0.2, 0) is 11.2 Å². The van der Waals surface area contributed by atoms with Gasteiger partial charge in [0.25, 0.3) is 5.91 Å². The number of thiophene rings is 1. The highest BCUT2D eigenvalue weighted by atomic mass is 32.1. The molecule has 1 fully saturated rings. The first-order chi connectivity index (χ1) is 17.2. The highest BCUT2D eigenvalue weighted by Gasteiger charge is 2.34. The smallest absolute Gasteiger partial charge is 0.331 e. The lowest BCUT2D eigenvalue weighted by Gasteiger charge is -2.32. The summed E-state index contributed by atoms with van der Waals surface area (Å²) in [6, 6.07) is 5.22. The fourth-order valence-corrected chi connectivity index (χ4v) is 6.01. The molecular formula is C26H30N6O3S. The van der Waals surface area contributed by atoms with Crippen molar-refractivity contribution >= 4 is 56.5 Å². The van der Waals surface area contributed by atoms with Gasteiger partial charge in [0, 0.05) is 37.9 Å². The molecule has 0 radical (unpaired) electrons. The number of anilines is 3. The van der Waals surface area contributed by atoms with Gasteiger partial charge in [0.15, 0.2) is 0 Å². The van der Waals surface area contributed by atoms with Crippen LogP contribution < -0.4 is 15.5 Å². The van der Waals surface area contributed by atoms with Crippen molar-refractivity contribution in [3.8, 4) is 0 Å². The maximum atomic E-state index is 13.4. The normalized spacial score (nSPS) is 17.5. The van der Waals surface area contributed by atoms with E-state index in [-0.39, 0.29) is 23.9 Å². The molecule has 1 atom stereocenters. The molecule has 10 heteroatoms. The second-order valence-corrected chi connectivity index (χ2v) is 10.9. The Morgan fingerprint density at radius 2 is 2.06 bits per heavy atom. The van der Waals surface area contributed by atoms with Crippen molar-refractivity contribution in [3.63, 3.8) is 0 Å². The number of amides is 4. The molecule has 0 saturated carbocycles. The number of nitrogens with one attached hydrogen (secondary N) is 2. The van der Waals surface area contributed by atoms with Crippen LogP contribution >= 0.6 is 11.3 Å². The highest BCUT2D eigenvalue weighted by Crippen LogP contribution is 2.46. The zero-order valence-corrected chi connectivity index (χ0v) is 21.7. The zero-order valence-electron chi connectivity index (χ0n) is 20.9. The molecule has 1 saturated heterocycles. The number of likely N-dealkylation sites (tertiary alicyclic amines) is 1. The summed E-state index contributed by atoms with van der Waals surface area (Å²) in [4.78, 5) is 52.2. The van der Waals surface area contributed by atoms with Crippen LogP contribution in [0, 0.1) is 12.8 Å². The van der Waals surface area contributed by atoms with Crippen LogP contribution in [0.25, 0.3) is 10.2 Å². The first-order valence-corrected chi connectivity index (χ1v) is 13.1. The summed E-state index contributed by atoms with van der Waals surface area (Å²) in [6.07, 6.45) is 4.17. The van der Waals surface area contributed by atoms with Crippen LogP contribution in [0.1, 0.15) is 54.7 Å². The Balaban J connectivity index is 1.48. The van der Waals surface area contributed by atoms with E-state index in [1.807, 2.05) is 19.1 Å². The summed E-state index contributed by atoms with van der Waals surface area (Å²) < 4.78 is 0. The Hall–Kier alpha value is -3.53. The molecule has 0 aromatic carbocycles. The molecule has 3 aromatic rings. The fourth-order valence-electron chi connectivity index (χ4n) is 4.99. The molecule has 3 aromatic heterocycles. The van der Waals surface area contributed by atoms with Crippen molar-refractivity contribution in [2.75, 3.05) is 23.3 Å². The van der Waals surface area contributed by atoms with E-state index in [9.17, 15) is 14.4 Å². The van der Waals surface area contributed by atoms with Gasteiger partial charge in [-0.15, -0.1) is 11.3 Å². The van der Waals surface area contributed by atoms with Crippen LogP contribution in [0.3, 0.4) is 0 Å². The molecular weight excluding hydrogens is 476 g/mol. The number of hydrogen-bond acceptors (Lipinski definition) is 6. The highest BCUT2D eigenvalue weighted by molar-refractivity contribution is 7.21. The molecule has 2 aliphatic heterocycles. The predicted molar refractivity (Wildman–Crippen MR) is 141 cm³/mol. The van der Waals surface area contributed by atoms with Gasteiger partial charge >= 0.3 is 6.03 Å². The van der Waals surface area contributed by atoms with Crippen molar-refractivity contribution in [2.45, 2.75) is 53.0 Å². The third-order valence-electron chi connectivity index (χ3n) is 6.63. The van der Waals surface area contributed by atoms with Crippen LogP contribution in [0.15, 0.2) is 24.4 Å². The van der Waals surface area contributed by atoms with Crippen LogP contribution in [0.4, 0.5) is 21.9 Å². The SMILES string of the molecule is CC(=O)N1CCC[C@@H](NC(=O)c2sc3nccc4c3c2NC(=O)N4c2ccc(CC(C)C)nc2C)C1. The summed E-state index contributed by atoms with van der Waals surface area (Å²) in [7, 11) is 0. The van der Waals surface area contributed by atoms with E-state index in [1.54, 1.807) is 29.0 Å². The lowest BCUT2D eigenvalue weighted by molar-refractivity contribution is -0.130. The number of carbonyl (C=O) groups excluding carboxylic acids is 3. The minimum atomic E-state index is -0.343. The summed E-state index contributed by atoms with van der Waals surface area (Å²) in [5.74, 6) is 0.228. The minimum Gasteiger partial charge on any atom is -0.347 e. The van der Waals surface area contributed by atoms with Gasteiger partial charge in [-0.2, -0.15) is 0 Å². The molecule has 0 spiro atoms. The van der Waals surface area contributed by atoms with E-state index in [0.29, 0.717) is 45.8 Å². The molecule has 0 bridgehead atoms. The molecule has 188 valence electrons. The number of piperidine rings is 1. The van der Waals surface area contributed by atoms with Crippen molar-refractivity contribution < 1.29 is 14.4 Å². The maximum Gasteiger partial charge on any atom is 0.331 e. The molecule has 0 aliphatic carbocycles. The van der Waals surface area contributed by atoms with Gasteiger partial charge in [0.05, 0.1) is 28.1 Å². The van der Waals surface area contributed by atoms with E-state index in [0.717, 1.165) is 36.0 Å². The van der Waals surface area contributed by atoms with E-state index < -0.39 is 0 Å². The van der Waals surface area contributed by atoms with Crippen LogP contribution in [0.2, 0.25) is 0 Å². The molecule has 5 heterocycles. The number of aromatic nitrogens is 2. The topological polar surface area (TPSA) is 108 Å². The first kappa shape index (κ1) is 24.2. The quantitative estimate of drug-likeness (QED) is 0.525. The van der Waals surface area contributed by atoms with Gasteiger partial charge in [0.1, 0.15) is 9.71 Å². The van der Waals surface area contributed by atoms with Gasteiger partial charge in [0.2, 0.25) is 5.91 Å². The van der Waals surface area contributed by atoms with Gasteiger partial charge in [-0.05, 0) is 50.3 Å². The Morgan fingerprint density at radius 1 is 1.25 bits per heavy atom. The molecule has 9 nitrogen and oxygen atoms in total. The van der Waals surface area contributed by atoms with Gasteiger partial charge in [-0.25, -0.2) is 9.78 Å². The fraction of sp³-hybridized carbons (Fsp3) is 0.423. The average Bonchev–Trinajstić information content (AvgIpc) is 3.19. The Labute approximate surface area is 213 Å². The zero-order chi connectivity index (χ0) is 25.6. The van der Waals surface area contributed by atoms with E-state index >= 15 is 0 Å². The van der Waals surface area contributed by atoms with Crippen molar-refractivity contribution in [3.05, 3.63) is 40.7 Å². The molecule has 36 heavy (non-hydrogen) atoms. The predicted octanol–water partition coefficient (Wildman–Crippen LogP) is 4.62. The first-order valence-electron chi connectivity index (χ1n) is 12.3. The van der Waals surface area contributed by atoms with E-state index in [2.05, 4.69) is 29.5 Å². The number of carbonyl (C=O) groups is 3. The van der Waals surface area contributed by atoms with E-state index in [1.165, 1.54) is 11.3 Å². The second-order valence-electron chi connectivity index (χ2n) is 9.86. The third-order valence-corrected chi connectivity index (χ3v) is 7.72. The van der Waals surface area contributed by atoms with Gasteiger partial charge in [-0.1, -0.05) is 13.8 Å². The van der Waals surface area contributed by atoms with Gasteiger partial charge < -0.3 is 15.5 Å². The summed E-state index contributed by atoms with van der Waals surface area (Å²) >= 11 is 1.26. The Morgan fingerprint density at radius 3 is 2.78 bits per heavy atom. The molecule has 4 amide bonds. The summed E-state index contributed by atoms with van der Waals surface area (Å²) in [6.45, 7) is 8.95. The van der Waals surface area contributed by atoms with Gasteiger partial charge in [-0.3, -0.25) is 19.5 Å². The maximum absolute atomic E-state index is 13.4. The molecule has 2 aliphatic rings. The largest absolute Gasteiger partial charge is 0.347 e. The molecule has 0 unspecified atom stereocenters. The van der Waals surface area contributed by atoms with Crippen molar-refractivity contribution in [1.29, 1.82) is 0 Å². The third kappa shape index (κ3) is 4.41.